The van der Waals surface area contributed by atoms with Crippen molar-refractivity contribution in [2.24, 2.45) is 0 Å². The molecular weight excluding hydrogens is 349 g/mol. The molecule has 0 aliphatic heterocycles. The first-order valence-corrected chi connectivity index (χ1v) is 7.97. The zero-order valence-electron chi connectivity index (χ0n) is 11.3. The Morgan fingerprint density at radius 2 is 2.21 bits per heavy atom. The minimum Gasteiger partial charge on any atom is -0.352 e. The summed E-state index contributed by atoms with van der Waals surface area (Å²) in [7, 11) is 0. The van der Waals surface area contributed by atoms with E-state index < -0.39 is 0 Å². The monoisotopic (exact) mass is 369 g/mol. The summed E-state index contributed by atoms with van der Waals surface area (Å²) in [4.78, 5) is 12.0. The molecule has 0 bridgehead atoms. The van der Waals surface area contributed by atoms with Gasteiger partial charge >= 0.3 is 0 Å². The standard InChI is InChI=1S/C16H20INO/c1-12-7-8-14(11-15(12)17)16(19)18-10-9-13-5-3-2-4-6-13/h5,7-8,11H,2-4,6,9-10H2,1H3,(H,18,19). The highest BCUT2D eigenvalue weighted by molar-refractivity contribution is 14.1. The van der Waals surface area contributed by atoms with Gasteiger partial charge in [0.15, 0.2) is 0 Å². The summed E-state index contributed by atoms with van der Waals surface area (Å²) in [6.45, 7) is 2.80. The molecule has 1 aromatic rings. The Balaban J connectivity index is 1.83. The van der Waals surface area contributed by atoms with E-state index in [2.05, 4.69) is 40.9 Å². The van der Waals surface area contributed by atoms with E-state index in [1.165, 1.54) is 36.8 Å². The van der Waals surface area contributed by atoms with Gasteiger partial charge in [-0.1, -0.05) is 17.7 Å². The van der Waals surface area contributed by atoms with Crippen molar-refractivity contribution in [1.29, 1.82) is 0 Å². The van der Waals surface area contributed by atoms with Gasteiger partial charge in [-0.3, -0.25) is 4.79 Å². The van der Waals surface area contributed by atoms with Crippen LogP contribution >= 0.6 is 22.6 Å². The predicted octanol–water partition coefficient (Wildman–Crippen LogP) is 4.22. The van der Waals surface area contributed by atoms with Crippen LogP contribution in [0.25, 0.3) is 0 Å². The molecule has 2 nitrogen and oxygen atoms in total. The fraction of sp³-hybridized carbons (Fsp3) is 0.438. The van der Waals surface area contributed by atoms with Gasteiger partial charge in [0, 0.05) is 15.7 Å². The largest absolute Gasteiger partial charge is 0.352 e. The lowest BCUT2D eigenvalue weighted by atomic mass is 9.97. The van der Waals surface area contributed by atoms with Gasteiger partial charge in [-0.2, -0.15) is 0 Å². The lowest BCUT2D eigenvalue weighted by Gasteiger charge is -2.13. The molecule has 0 aromatic heterocycles. The Bertz CT molecular complexity index is 494. The fourth-order valence-electron chi connectivity index (χ4n) is 2.30. The third kappa shape index (κ3) is 4.34. The van der Waals surface area contributed by atoms with Crippen LogP contribution in [0.5, 0.6) is 0 Å². The molecule has 0 fully saturated rings. The van der Waals surface area contributed by atoms with Crippen molar-refractivity contribution < 1.29 is 4.79 Å². The van der Waals surface area contributed by atoms with Crippen molar-refractivity contribution in [3.05, 3.63) is 44.5 Å². The molecule has 0 spiro atoms. The summed E-state index contributed by atoms with van der Waals surface area (Å²) >= 11 is 2.27. The first-order valence-electron chi connectivity index (χ1n) is 6.89. The molecule has 19 heavy (non-hydrogen) atoms. The van der Waals surface area contributed by atoms with Gasteiger partial charge < -0.3 is 5.32 Å². The van der Waals surface area contributed by atoms with Gasteiger partial charge in [-0.25, -0.2) is 0 Å². The second kappa shape index (κ2) is 7.08. The molecule has 3 heteroatoms. The van der Waals surface area contributed by atoms with E-state index in [0.29, 0.717) is 0 Å². The summed E-state index contributed by atoms with van der Waals surface area (Å²) < 4.78 is 1.14. The highest BCUT2D eigenvalue weighted by Gasteiger charge is 2.08. The first kappa shape index (κ1) is 14.6. The van der Waals surface area contributed by atoms with Gasteiger partial charge in [0.25, 0.3) is 5.91 Å². The number of rotatable bonds is 4. The zero-order valence-corrected chi connectivity index (χ0v) is 13.5. The number of hydrogen-bond acceptors (Lipinski definition) is 1. The minimum absolute atomic E-state index is 0.0364. The Kier molecular flexibility index (Phi) is 5.43. The summed E-state index contributed by atoms with van der Waals surface area (Å²) in [6, 6.07) is 5.85. The zero-order chi connectivity index (χ0) is 13.7. The molecule has 0 heterocycles. The van der Waals surface area contributed by atoms with E-state index in [0.717, 1.165) is 22.1 Å². The first-order chi connectivity index (χ1) is 9.16. The number of halogens is 1. The number of amides is 1. The number of allylic oxidation sites excluding steroid dienone is 1. The fourth-order valence-corrected chi connectivity index (χ4v) is 2.82. The second-order valence-electron chi connectivity index (χ2n) is 5.08. The summed E-state index contributed by atoms with van der Waals surface area (Å²) in [5.74, 6) is 0.0364. The van der Waals surface area contributed by atoms with Crippen molar-refractivity contribution in [3.63, 3.8) is 0 Å². The highest BCUT2D eigenvalue weighted by atomic mass is 127. The number of carbonyl (C=O) groups is 1. The van der Waals surface area contributed by atoms with Crippen LogP contribution in [0.15, 0.2) is 29.8 Å². The average Bonchev–Trinajstić information content (AvgIpc) is 2.43. The maximum Gasteiger partial charge on any atom is 0.251 e. The van der Waals surface area contributed by atoms with E-state index in [-0.39, 0.29) is 5.91 Å². The van der Waals surface area contributed by atoms with Crippen LogP contribution in [0.1, 0.15) is 48.0 Å². The molecule has 2 rings (SSSR count). The highest BCUT2D eigenvalue weighted by Crippen LogP contribution is 2.19. The lowest BCUT2D eigenvalue weighted by Crippen LogP contribution is -2.25. The van der Waals surface area contributed by atoms with E-state index in [9.17, 15) is 4.79 Å². The van der Waals surface area contributed by atoms with Crippen LogP contribution in [0.3, 0.4) is 0 Å². The molecule has 1 aliphatic rings. The molecular formula is C16H20INO. The van der Waals surface area contributed by atoms with Crippen molar-refractivity contribution in [3.8, 4) is 0 Å². The number of carbonyl (C=O) groups excluding carboxylic acids is 1. The van der Waals surface area contributed by atoms with Crippen LogP contribution in [0, 0.1) is 10.5 Å². The molecule has 102 valence electrons. The average molecular weight is 369 g/mol. The SMILES string of the molecule is Cc1ccc(C(=O)NCCC2=CCCCC2)cc1I. The van der Waals surface area contributed by atoms with Gasteiger partial charge in [0.1, 0.15) is 0 Å². The van der Waals surface area contributed by atoms with Gasteiger partial charge in [-0.05, 0) is 79.3 Å². The van der Waals surface area contributed by atoms with E-state index in [1.54, 1.807) is 0 Å². The van der Waals surface area contributed by atoms with Crippen LogP contribution in [-0.4, -0.2) is 12.5 Å². The molecule has 0 saturated heterocycles. The summed E-state index contributed by atoms with van der Waals surface area (Å²) in [6.07, 6.45) is 8.37. The lowest BCUT2D eigenvalue weighted by molar-refractivity contribution is 0.0954. The van der Waals surface area contributed by atoms with Crippen LogP contribution < -0.4 is 5.32 Å². The molecule has 1 aromatic carbocycles. The number of benzene rings is 1. The maximum atomic E-state index is 12.0. The number of hydrogen-bond donors (Lipinski definition) is 1. The van der Waals surface area contributed by atoms with Gasteiger partial charge in [0.2, 0.25) is 0 Å². The van der Waals surface area contributed by atoms with Crippen LogP contribution in [0.2, 0.25) is 0 Å². The summed E-state index contributed by atoms with van der Waals surface area (Å²) in [5.41, 5.74) is 3.47. The van der Waals surface area contributed by atoms with Crippen molar-refractivity contribution in [2.45, 2.75) is 39.0 Å². The third-order valence-corrected chi connectivity index (χ3v) is 4.71. The topological polar surface area (TPSA) is 29.1 Å². The van der Waals surface area contributed by atoms with Gasteiger partial charge in [-0.15, -0.1) is 0 Å². The van der Waals surface area contributed by atoms with Gasteiger partial charge in [0.05, 0.1) is 0 Å². The van der Waals surface area contributed by atoms with Crippen molar-refractivity contribution in [2.75, 3.05) is 6.54 Å². The normalized spacial score (nSPS) is 14.9. The quantitative estimate of drug-likeness (QED) is 0.625. The molecule has 0 saturated carbocycles. The molecule has 0 atom stereocenters. The molecule has 0 unspecified atom stereocenters. The Labute approximate surface area is 128 Å². The molecule has 1 aliphatic carbocycles. The Hall–Kier alpha value is -0.840. The Morgan fingerprint density at radius 3 is 2.89 bits per heavy atom. The van der Waals surface area contributed by atoms with E-state index in [1.807, 2.05) is 18.2 Å². The van der Waals surface area contributed by atoms with E-state index >= 15 is 0 Å². The van der Waals surface area contributed by atoms with Crippen LogP contribution in [0.4, 0.5) is 0 Å². The van der Waals surface area contributed by atoms with Crippen molar-refractivity contribution >= 4 is 28.5 Å². The van der Waals surface area contributed by atoms with E-state index in [4.69, 9.17) is 0 Å². The predicted molar refractivity (Wildman–Crippen MR) is 87.4 cm³/mol. The third-order valence-electron chi connectivity index (χ3n) is 3.55. The molecule has 1 amide bonds. The molecule has 1 N–H and O–H groups in total. The minimum atomic E-state index is 0.0364. The maximum absolute atomic E-state index is 12.0. The molecule has 0 radical (unpaired) electrons. The second-order valence-corrected chi connectivity index (χ2v) is 6.24. The number of aryl methyl sites for hydroxylation is 1. The van der Waals surface area contributed by atoms with Crippen LogP contribution in [-0.2, 0) is 0 Å². The summed E-state index contributed by atoms with van der Waals surface area (Å²) in [5, 5.41) is 3.01. The smallest absolute Gasteiger partial charge is 0.251 e. The Morgan fingerprint density at radius 1 is 1.37 bits per heavy atom. The number of nitrogens with one attached hydrogen (secondary N) is 1. The van der Waals surface area contributed by atoms with Crippen molar-refractivity contribution in [1.82, 2.24) is 5.32 Å².